The summed E-state index contributed by atoms with van der Waals surface area (Å²) in [4.78, 5) is 12.1. The van der Waals surface area contributed by atoms with E-state index in [1.807, 2.05) is 0 Å². The third kappa shape index (κ3) is 4.44. The van der Waals surface area contributed by atoms with Gasteiger partial charge in [0.15, 0.2) is 0 Å². The summed E-state index contributed by atoms with van der Waals surface area (Å²) >= 11 is 3.20. The third-order valence-electron chi connectivity index (χ3n) is 3.98. The van der Waals surface area contributed by atoms with Crippen molar-refractivity contribution in [2.24, 2.45) is 11.8 Å². The van der Waals surface area contributed by atoms with E-state index in [1.54, 1.807) is 6.07 Å². The molecule has 21 heavy (non-hydrogen) atoms. The molecule has 2 rings (SSSR count). The van der Waals surface area contributed by atoms with Gasteiger partial charge in [-0.05, 0) is 36.5 Å². The molecular formula is C14H17BrClNO3S. The summed E-state index contributed by atoms with van der Waals surface area (Å²) in [6, 6.07) is 4.25. The van der Waals surface area contributed by atoms with Crippen LogP contribution in [0.1, 0.15) is 36.5 Å². The van der Waals surface area contributed by atoms with Crippen LogP contribution in [-0.2, 0) is 9.05 Å². The Hall–Kier alpha value is -0.590. The molecule has 1 N–H and O–H groups in total. The van der Waals surface area contributed by atoms with Gasteiger partial charge in [-0.15, -0.1) is 0 Å². The summed E-state index contributed by atoms with van der Waals surface area (Å²) in [7, 11) is 1.47. The van der Waals surface area contributed by atoms with Crippen molar-refractivity contribution in [3.63, 3.8) is 0 Å². The van der Waals surface area contributed by atoms with Gasteiger partial charge in [0, 0.05) is 27.3 Å². The van der Waals surface area contributed by atoms with Crippen LogP contribution >= 0.6 is 26.6 Å². The fourth-order valence-corrected chi connectivity index (χ4v) is 4.13. The van der Waals surface area contributed by atoms with Gasteiger partial charge in [0.2, 0.25) is 0 Å². The number of halogens is 2. The second kappa shape index (κ2) is 6.67. The SMILES string of the molecule is CC1CCCC1CNC(=O)c1cc(Br)cc(S(=O)(=O)Cl)c1. The van der Waals surface area contributed by atoms with Gasteiger partial charge in [0.1, 0.15) is 0 Å². The average Bonchev–Trinajstić information content (AvgIpc) is 2.79. The number of carbonyl (C=O) groups excluding carboxylic acids is 1. The highest BCUT2D eigenvalue weighted by atomic mass is 79.9. The Morgan fingerprint density at radius 3 is 2.67 bits per heavy atom. The van der Waals surface area contributed by atoms with Crippen LogP contribution in [0.25, 0.3) is 0 Å². The fraction of sp³-hybridized carbons (Fsp3) is 0.500. The molecule has 1 aromatic rings. The van der Waals surface area contributed by atoms with Crippen molar-refractivity contribution in [1.29, 1.82) is 0 Å². The standard InChI is InChI=1S/C14H17BrClNO3S/c1-9-3-2-4-10(9)8-17-14(18)11-5-12(15)7-13(6-11)21(16,19)20/h5-7,9-10H,2-4,8H2,1H3,(H,17,18). The first kappa shape index (κ1) is 16.8. The molecule has 2 atom stereocenters. The molecule has 1 aliphatic rings. The van der Waals surface area contributed by atoms with E-state index in [2.05, 4.69) is 28.2 Å². The van der Waals surface area contributed by atoms with Gasteiger partial charge in [-0.2, -0.15) is 0 Å². The predicted molar refractivity (Wildman–Crippen MR) is 86.0 cm³/mol. The maximum Gasteiger partial charge on any atom is 0.261 e. The number of rotatable bonds is 4. The van der Waals surface area contributed by atoms with E-state index in [9.17, 15) is 13.2 Å². The van der Waals surface area contributed by atoms with Crippen molar-refractivity contribution in [2.75, 3.05) is 6.54 Å². The Kier molecular flexibility index (Phi) is 5.33. The summed E-state index contributed by atoms with van der Waals surface area (Å²) < 4.78 is 23.3. The lowest BCUT2D eigenvalue weighted by Gasteiger charge is -2.16. The monoisotopic (exact) mass is 393 g/mol. The zero-order valence-corrected chi connectivity index (χ0v) is 14.8. The molecule has 1 amide bonds. The molecule has 0 saturated heterocycles. The van der Waals surface area contributed by atoms with E-state index in [-0.39, 0.29) is 16.4 Å². The molecule has 1 saturated carbocycles. The minimum Gasteiger partial charge on any atom is -0.352 e. The van der Waals surface area contributed by atoms with E-state index in [0.717, 1.165) is 6.42 Å². The smallest absolute Gasteiger partial charge is 0.261 e. The van der Waals surface area contributed by atoms with Crippen LogP contribution < -0.4 is 5.32 Å². The van der Waals surface area contributed by atoms with Gasteiger partial charge in [-0.25, -0.2) is 8.42 Å². The van der Waals surface area contributed by atoms with Gasteiger partial charge >= 0.3 is 0 Å². The summed E-state index contributed by atoms with van der Waals surface area (Å²) in [6.45, 7) is 2.82. The normalized spacial score (nSPS) is 22.2. The van der Waals surface area contributed by atoms with Crippen molar-refractivity contribution in [3.8, 4) is 0 Å². The van der Waals surface area contributed by atoms with E-state index in [1.165, 1.54) is 25.0 Å². The molecule has 1 aliphatic carbocycles. The summed E-state index contributed by atoms with van der Waals surface area (Å²) in [5.74, 6) is 0.834. The summed E-state index contributed by atoms with van der Waals surface area (Å²) in [5.41, 5.74) is 0.286. The molecule has 0 heterocycles. The number of benzene rings is 1. The minimum atomic E-state index is -3.86. The topological polar surface area (TPSA) is 63.2 Å². The Bertz CT molecular complexity index is 648. The molecule has 2 unspecified atom stereocenters. The molecule has 7 heteroatoms. The minimum absolute atomic E-state index is 0.0853. The highest BCUT2D eigenvalue weighted by Gasteiger charge is 2.24. The van der Waals surface area contributed by atoms with E-state index >= 15 is 0 Å². The molecule has 0 spiro atoms. The molecule has 0 radical (unpaired) electrons. The largest absolute Gasteiger partial charge is 0.352 e. The second-order valence-electron chi connectivity index (χ2n) is 5.49. The highest BCUT2D eigenvalue weighted by Crippen LogP contribution is 2.30. The highest BCUT2D eigenvalue weighted by molar-refractivity contribution is 9.10. The third-order valence-corrected chi connectivity index (χ3v) is 5.77. The van der Waals surface area contributed by atoms with Crippen LogP contribution in [0.15, 0.2) is 27.6 Å². The lowest BCUT2D eigenvalue weighted by atomic mass is 9.98. The maximum atomic E-state index is 12.2. The lowest BCUT2D eigenvalue weighted by molar-refractivity contribution is 0.0944. The first-order valence-electron chi connectivity index (χ1n) is 6.81. The maximum absolute atomic E-state index is 12.2. The van der Waals surface area contributed by atoms with Crippen molar-refractivity contribution < 1.29 is 13.2 Å². The zero-order chi connectivity index (χ0) is 15.6. The van der Waals surface area contributed by atoms with Gasteiger partial charge in [0.25, 0.3) is 15.0 Å². The van der Waals surface area contributed by atoms with Crippen LogP contribution in [0.2, 0.25) is 0 Å². The van der Waals surface area contributed by atoms with Crippen LogP contribution in [0.5, 0.6) is 0 Å². The van der Waals surface area contributed by atoms with Crippen LogP contribution in [0, 0.1) is 11.8 Å². The van der Waals surface area contributed by atoms with Crippen LogP contribution in [-0.4, -0.2) is 20.9 Å². The van der Waals surface area contributed by atoms with Crippen LogP contribution in [0.4, 0.5) is 0 Å². The molecule has 0 aromatic heterocycles. The molecular weight excluding hydrogens is 378 g/mol. The molecule has 1 aromatic carbocycles. The number of carbonyl (C=O) groups is 1. The summed E-state index contributed by atoms with van der Waals surface area (Å²) in [6.07, 6.45) is 3.53. The van der Waals surface area contributed by atoms with Gasteiger partial charge in [0.05, 0.1) is 4.90 Å². The number of nitrogens with one attached hydrogen (secondary N) is 1. The fourth-order valence-electron chi connectivity index (χ4n) is 2.69. The number of hydrogen-bond acceptors (Lipinski definition) is 3. The second-order valence-corrected chi connectivity index (χ2v) is 8.97. The molecule has 1 fully saturated rings. The Labute approximate surface area is 137 Å². The Morgan fingerprint density at radius 2 is 2.10 bits per heavy atom. The lowest BCUT2D eigenvalue weighted by Crippen LogP contribution is -2.30. The van der Waals surface area contributed by atoms with Crippen molar-refractivity contribution >= 4 is 41.6 Å². The first-order chi connectivity index (χ1) is 9.77. The number of amides is 1. The molecule has 116 valence electrons. The van der Waals surface area contributed by atoms with Crippen molar-refractivity contribution in [3.05, 3.63) is 28.2 Å². The average molecular weight is 395 g/mol. The Balaban J connectivity index is 2.10. The van der Waals surface area contributed by atoms with E-state index in [0.29, 0.717) is 22.9 Å². The van der Waals surface area contributed by atoms with Crippen LogP contribution in [0.3, 0.4) is 0 Å². The van der Waals surface area contributed by atoms with Crippen molar-refractivity contribution in [1.82, 2.24) is 5.32 Å². The van der Waals surface area contributed by atoms with Crippen molar-refractivity contribution in [2.45, 2.75) is 31.1 Å². The molecule has 4 nitrogen and oxygen atoms in total. The van der Waals surface area contributed by atoms with E-state index in [4.69, 9.17) is 10.7 Å². The molecule has 0 bridgehead atoms. The van der Waals surface area contributed by atoms with Gasteiger partial charge in [-0.3, -0.25) is 4.79 Å². The predicted octanol–water partition coefficient (Wildman–Crippen LogP) is 3.54. The van der Waals surface area contributed by atoms with Gasteiger partial charge < -0.3 is 5.32 Å². The van der Waals surface area contributed by atoms with E-state index < -0.39 is 9.05 Å². The number of hydrogen-bond donors (Lipinski definition) is 1. The zero-order valence-electron chi connectivity index (χ0n) is 11.6. The van der Waals surface area contributed by atoms with Gasteiger partial charge in [-0.1, -0.05) is 35.7 Å². The molecule has 0 aliphatic heterocycles. The quantitative estimate of drug-likeness (QED) is 0.794. The summed E-state index contributed by atoms with van der Waals surface area (Å²) in [5, 5.41) is 2.88. The Morgan fingerprint density at radius 1 is 1.38 bits per heavy atom. The first-order valence-corrected chi connectivity index (χ1v) is 9.91.